The van der Waals surface area contributed by atoms with Crippen LogP contribution in [-0.2, 0) is 11.3 Å². The van der Waals surface area contributed by atoms with E-state index in [1.54, 1.807) is 0 Å². The third-order valence-corrected chi connectivity index (χ3v) is 4.50. The number of ether oxygens (including phenoxy) is 1. The van der Waals surface area contributed by atoms with E-state index in [-0.39, 0.29) is 5.84 Å². The Kier molecular flexibility index (Phi) is 4.03. The van der Waals surface area contributed by atoms with Gasteiger partial charge in [0.15, 0.2) is 0 Å². The predicted molar refractivity (Wildman–Crippen MR) is 79.9 cm³/mol. The van der Waals surface area contributed by atoms with E-state index in [1.165, 1.54) is 31.2 Å². The lowest BCUT2D eigenvalue weighted by Gasteiger charge is -2.43. The first kappa shape index (κ1) is 13.6. The molecule has 3 rings (SSSR count). The molecule has 0 spiro atoms. The van der Waals surface area contributed by atoms with Crippen molar-refractivity contribution in [3.63, 3.8) is 0 Å². The van der Waals surface area contributed by atoms with E-state index >= 15 is 0 Å². The van der Waals surface area contributed by atoms with Gasteiger partial charge in [-0.15, -0.1) is 0 Å². The number of nitrogens with two attached hydrogens (primary N) is 1. The van der Waals surface area contributed by atoms with Crippen LogP contribution in [0.5, 0.6) is 0 Å². The predicted octanol–water partition coefficient (Wildman–Crippen LogP) is 2.11. The summed E-state index contributed by atoms with van der Waals surface area (Å²) in [6, 6.07) is 8.64. The Morgan fingerprint density at radius 3 is 2.75 bits per heavy atom. The Bertz CT molecular complexity index is 469. The quantitative estimate of drug-likeness (QED) is 0.655. The van der Waals surface area contributed by atoms with Crippen LogP contribution in [0.3, 0.4) is 0 Å². The van der Waals surface area contributed by atoms with Gasteiger partial charge in [-0.25, -0.2) is 0 Å². The molecule has 1 saturated heterocycles. The number of rotatable bonds is 3. The van der Waals surface area contributed by atoms with Crippen molar-refractivity contribution in [1.82, 2.24) is 4.90 Å². The van der Waals surface area contributed by atoms with Crippen molar-refractivity contribution in [2.24, 2.45) is 5.73 Å². The molecular weight excluding hydrogens is 250 g/mol. The minimum atomic E-state index is 0.135. The molecule has 1 aliphatic carbocycles. The van der Waals surface area contributed by atoms with Crippen LogP contribution in [0.2, 0.25) is 0 Å². The van der Waals surface area contributed by atoms with Crippen LogP contribution in [-0.4, -0.2) is 36.0 Å². The lowest BCUT2D eigenvalue weighted by molar-refractivity contribution is -0.0911. The molecule has 0 amide bonds. The summed E-state index contributed by atoms with van der Waals surface area (Å²) in [5.74, 6) is 0.135. The fourth-order valence-electron chi connectivity index (χ4n) is 3.40. The highest BCUT2D eigenvalue weighted by Crippen LogP contribution is 2.29. The lowest BCUT2D eigenvalue weighted by Crippen LogP contribution is -2.52. The molecule has 108 valence electrons. The summed E-state index contributed by atoms with van der Waals surface area (Å²) in [6.07, 6.45) is 5.54. The highest BCUT2D eigenvalue weighted by molar-refractivity contribution is 5.94. The molecule has 2 fully saturated rings. The van der Waals surface area contributed by atoms with E-state index < -0.39 is 0 Å². The first-order valence-electron chi connectivity index (χ1n) is 7.53. The largest absolute Gasteiger partial charge is 0.384 e. The number of fused-ring (bicyclic) bond motifs is 1. The van der Waals surface area contributed by atoms with Gasteiger partial charge >= 0.3 is 0 Å². The van der Waals surface area contributed by atoms with Gasteiger partial charge in [-0.05, 0) is 18.4 Å². The van der Waals surface area contributed by atoms with Crippen LogP contribution in [0, 0.1) is 5.41 Å². The molecule has 1 aromatic carbocycles. The minimum Gasteiger partial charge on any atom is -0.384 e. The number of nitrogens with one attached hydrogen (secondary N) is 1. The van der Waals surface area contributed by atoms with Crippen LogP contribution in [0.15, 0.2) is 24.3 Å². The van der Waals surface area contributed by atoms with E-state index in [0.29, 0.717) is 12.1 Å². The maximum Gasteiger partial charge on any atom is 0.122 e. The summed E-state index contributed by atoms with van der Waals surface area (Å²) < 4.78 is 5.91. The van der Waals surface area contributed by atoms with Crippen LogP contribution >= 0.6 is 0 Å². The van der Waals surface area contributed by atoms with Gasteiger partial charge in [-0.1, -0.05) is 37.1 Å². The normalized spacial score (nSPS) is 27.0. The van der Waals surface area contributed by atoms with Crippen molar-refractivity contribution in [2.45, 2.75) is 44.4 Å². The highest BCUT2D eigenvalue weighted by Gasteiger charge is 2.33. The smallest absolute Gasteiger partial charge is 0.122 e. The maximum atomic E-state index is 7.43. The molecule has 3 N–H and O–H groups in total. The Labute approximate surface area is 120 Å². The molecule has 0 aromatic heterocycles. The second-order valence-corrected chi connectivity index (χ2v) is 5.84. The third-order valence-electron chi connectivity index (χ3n) is 4.50. The van der Waals surface area contributed by atoms with Gasteiger partial charge in [-0.3, -0.25) is 10.3 Å². The number of nitrogens with zero attached hydrogens (tertiary/aromatic N) is 1. The van der Waals surface area contributed by atoms with E-state index in [0.717, 1.165) is 25.3 Å². The molecule has 2 unspecified atom stereocenters. The fraction of sp³-hybridized carbons (Fsp3) is 0.562. The molecule has 1 heterocycles. The number of amidine groups is 1. The minimum absolute atomic E-state index is 0.135. The van der Waals surface area contributed by atoms with Gasteiger partial charge in [0.25, 0.3) is 0 Å². The van der Waals surface area contributed by atoms with Crippen LogP contribution in [0.25, 0.3) is 0 Å². The van der Waals surface area contributed by atoms with Gasteiger partial charge in [0.05, 0.1) is 12.7 Å². The van der Waals surface area contributed by atoms with Gasteiger partial charge in [0.2, 0.25) is 0 Å². The van der Waals surface area contributed by atoms with Crippen molar-refractivity contribution in [2.75, 3.05) is 13.2 Å². The molecule has 2 atom stereocenters. The second kappa shape index (κ2) is 5.94. The summed E-state index contributed by atoms with van der Waals surface area (Å²) in [4.78, 5) is 2.57. The first-order valence-corrected chi connectivity index (χ1v) is 7.53. The van der Waals surface area contributed by atoms with E-state index in [1.807, 2.05) is 12.1 Å². The van der Waals surface area contributed by atoms with E-state index in [2.05, 4.69) is 17.0 Å². The van der Waals surface area contributed by atoms with Crippen molar-refractivity contribution in [3.05, 3.63) is 35.4 Å². The zero-order chi connectivity index (χ0) is 13.9. The van der Waals surface area contributed by atoms with Gasteiger partial charge in [-0.2, -0.15) is 0 Å². The molecule has 4 heteroatoms. The number of morpholine rings is 1. The summed E-state index contributed by atoms with van der Waals surface area (Å²) in [7, 11) is 0. The van der Waals surface area contributed by atoms with E-state index in [9.17, 15) is 0 Å². The van der Waals surface area contributed by atoms with E-state index in [4.69, 9.17) is 15.9 Å². The van der Waals surface area contributed by atoms with Crippen molar-refractivity contribution >= 4 is 5.84 Å². The standard InChI is InChI=1S/C16H23N3O/c17-16(18)13-7-5-12(6-8-13)11-19-9-10-20-15-4-2-1-3-14(15)19/h5-8,14-15H,1-4,9-11H2,(H3,17,18). The number of benzene rings is 1. The third kappa shape index (κ3) is 2.86. The van der Waals surface area contributed by atoms with Crippen molar-refractivity contribution < 1.29 is 4.74 Å². The van der Waals surface area contributed by atoms with Crippen LogP contribution in [0.1, 0.15) is 36.8 Å². The number of hydrogen-bond acceptors (Lipinski definition) is 3. The van der Waals surface area contributed by atoms with Gasteiger partial charge in [0.1, 0.15) is 5.84 Å². The summed E-state index contributed by atoms with van der Waals surface area (Å²) in [5.41, 5.74) is 7.58. The topological polar surface area (TPSA) is 62.3 Å². The lowest BCUT2D eigenvalue weighted by atomic mass is 9.90. The Morgan fingerprint density at radius 2 is 2.00 bits per heavy atom. The number of hydrogen-bond donors (Lipinski definition) is 2. The van der Waals surface area contributed by atoms with Crippen LogP contribution < -0.4 is 5.73 Å². The molecule has 1 aromatic rings. The first-order chi connectivity index (χ1) is 9.74. The zero-order valence-corrected chi connectivity index (χ0v) is 11.8. The average Bonchev–Trinajstić information content (AvgIpc) is 2.48. The summed E-state index contributed by atoms with van der Waals surface area (Å²) in [5, 5.41) is 7.43. The second-order valence-electron chi connectivity index (χ2n) is 5.84. The Morgan fingerprint density at radius 1 is 1.25 bits per heavy atom. The fourth-order valence-corrected chi connectivity index (χ4v) is 3.40. The molecule has 0 bridgehead atoms. The molecule has 1 aliphatic heterocycles. The molecule has 20 heavy (non-hydrogen) atoms. The highest BCUT2D eigenvalue weighted by atomic mass is 16.5. The molecule has 2 aliphatic rings. The molecule has 0 radical (unpaired) electrons. The SMILES string of the molecule is N=C(N)c1ccc(CN2CCOC3CCCCC32)cc1. The number of nitrogen functional groups attached to an aromatic ring is 1. The monoisotopic (exact) mass is 273 g/mol. The zero-order valence-electron chi connectivity index (χ0n) is 11.8. The summed E-state index contributed by atoms with van der Waals surface area (Å²) in [6.45, 7) is 2.85. The average molecular weight is 273 g/mol. The Balaban J connectivity index is 1.68. The van der Waals surface area contributed by atoms with Crippen molar-refractivity contribution in [3.8, 4) is 0 Å². The molecule has 4 nitrogen and oxygen atoms in total. The molecular formula is C16H23N3O. The molecule has 1 saturated carbocycles. The summed E-state index contributed by atoms with van der Waals surface area (Å²) >= 11 is 0. The van der Waals surface area contributed by atoms with Gasteiger partial charge < -0.3 is 10.5 Å². The van der Waals surface area contributed by atoms with Crippen LogP contribution in [0.4, 0.5) is 0 Å². The van der Waals surface area contributed by atoms with Gasteiger partial charge in [0, 0.05) is 24.7 Å². The van der Waals surface area contributed by atoms with Crippen molar-refractivity contribution in [1.29, 1.82) is 5.41 Å². The maximum absolute atomic E-state index is 7.43. The Hall–Kier alpha value is -1.39.